The molecule has 5 nitrogen and oxygen atoms in total. The van der Waals surface area contributed by atoms with E-state index in [1.807, 2.05) is 11.8 Å². The number of hydrogen-bond donors (Lipinski definition) is 2. The summed E-state index contributed by atoms with van der Waals surface area (Å²) in [6, 6.07) is -0.0393. The Labute approximate surface area is 102 Å². The molecule has 0 bridgehead atoms. The zero-order valence-electron chi connectivity index (χ0n) is 10.6. The van der Waals surface area contributed by atoms with Crippen molar-refractivity contribution in [3.8, 4) is 0 Å². The SMILES string of the molecule is CCC1COC(C)CN1C(=O)C1CC(O)CN1. The predicted octanol–water partition coefficient (Wildman–Crippen LogP) is -0.265. The van der Waals surface area contributed by atoms with Crippen molar-refractivity contribution in [1.82, 2.24) is 10.2 Å². The molecule has 0 spiro atoms. The van der Waals surface area contributed by atoms with Crippen LogP contribution in [0.4, 0.5) is 0 Å². The summed E-state index contributed by atoms with van der Waals surface area (Å²) < 4.78 is 5.58. The summed E-state index contributed by atoms with van der Waals surface area (Å²) in [6.07, 6.45) is 1.16. The van der Waals surface area contributed by atoms with Crippen LogP contribution in [-0.4, -0.2) is 59.9 Å². The standard InChI is InChI=1S/C12H22N2O3/c1-3-9-7-17-8(2)6-14(9)12(16)11-4-10(15)5-13-11/h8-11,13,15H,3-7H2,1-2H3. The number of carbonyl (C=O) groups excluding carboxylic acids is 1. The number of aliphatic hydroxyl groups excluding tert-OH is 1. The molecule has 0 radical (unpaired) electrons. The summed E-state index contributed by atoms with van der Waals surface area (Å²) in [5.41, 5.74) is 0. The third kappa shape index (κ3) is 2.78. The van der Waals surface area contributed by atoms with E-state index < -0.39 is 0 Å². The summed E-state index contributed by atoms with van der Waals surface area (Å²) in [6.45, 7) is 5.86. The highest BCUT2D eigenvalue weighted by Gasteiger charge is 2.36. The fourth-order valence-corrected chi connectivity index (χ4v) is 2.56. The quantitative estimate of drug-likeness (QED) is 0.700. The van der Waals surface area contributed by atoms with E-state index in [-0.39, 0.29) is 30.2 Å². The van der Waals surface area contributed by atoms with E-state index in [0.717, 1.165) is 6.42 Å². The number of ether oxygens (including phenoxy) is 1. The first-order chi connectivity index (χ1) is 8.11. The van der Waals surface area contributed by atoms with Crippen molar-refractivity contribution in [2.24, 2.45) is 0 Å². The molecule has 2 aliphatic heterocycles. The first kappa shape index (κ1) is 12.8. The Kier molecular flexibility index (Phi) is 4.01. The average Bonchev–Trinajstić information content (AvgIpc) is 2.75. The van der Waals surface area contributed by atoms with Gasteiger partial charge < -0.3 is 20.1 Å². The first-order valence-electron chi connectivity index (χ1n) is 6.45. The minimum atomic E-state index is -0.387. The summed E-state index contributed by atoms with van der Waals surface area (Å²) in [7, 11) is 0. The number of carbonyl (C=O) groups is 1. The van der Waals surface area contributed by atoms with Gasteiger partial charge in [-0.25, -0.2) is 0 Å². The molecule has 5 heteroatoms. The van der Waals surface area contributed by atoms with Crippen molar-refractivity contribution >= 4 is 5.91 Å². The molecule has 1 amide bonds. The molecule has 0 saturated carbocycles. The molecule has 0 aliphatic carbocycles. The highest BCUT2D eigenvalue weighted by Crippen LogP contribution is 2.18. The Morgan fingerprint density at radius 3 is 2.94 bits per heavy atom. The molecule has 2 aliphatic rings. The van der Waals surface area contributed by atoms with Gasteiger partial charge in [0.1, 0.15) is 0 Å². The van der Waals surface area contributed by atoms with E-state index in [2.05, 4.69) is 12.2 Å². The van der Waals surface area contributed by atoms with Crippen LogP contribution in [0.3, 0.4) is 0 Å². The van der Waals surface area contributed by atoms with E-state index in [1.54, 1.807) is 0 Å². The lowest BCUT2D eigenvalue weighted by molar-refractivity contribution is -0.146. The lowest BCUT2D eigenvalue weighted by atomic mass is 10.1. The first-order valence-corrected chi connectivity index (χ1v) is 6.45. The van der Waals surface area contributed by atoms with Gasteiger partial charge in [0, 0.05) is 13.1 Å². The van der Waals surface area contributed by atoms with Crippen molar-refractivity contribution in [1.29, 1.82) is 0 Å². The zero-order chi connectivity index (χ0) is 12.4. The lowest BCUT2D eigenvalue weighted by Crippen LogP contribution is -2.55. The summed E-state index contributed by atoms with van der Waals surface area (Å²) >= 11 is 0. The van der Waals surface area contributed by atoms with Gasteiger partial charge in [0.15, 0.2) is 0 Å². The Morgan fingerprint density at radius 1 is 1.59 bits per heavy atom. The topological polar surface area (TPSA) is 61.8 Å². The molecule has 98 valence electrons. The van der Waals surface area contributed by atoms with Crippen LogP contribution in [0.25, 0.3) is 0 Å². The largest absolute Gasteiger partial charge is 0.392 e. The Bertz CT molecular complexity index is 285. The number of rotatable bonds is 2. The third-order valence-electron chi connectivity index (χ3n) is 3.63. The average molecular weight is 242 g/mol. The molecule has 0 aromatic heterocycles. The van der Waals surface area contributed by atoms with Crippen LogP contribution in [0, 0.1) is 0 Å². The Morgan fingerprint density at radius 2 is 2.35 bits per heavy atom. The number of amides is 1. The predicted molar refractivity (Wildman–Crippen MR) is 63.6 cm³/mol. The van der Waals surface area contributed by atoms with Crippen LogP contribution in [0.2, 0.25) is 0 Å². The van der Waals surface area contributed by atoms with Gasteiger partial charge in [0.25, 0.3) is 0 Å². The van der Waals surface area contributed by atoms with Crippen molar-refractivity contribution < 1.29 is 14.6 Å². The van der Waals surface area contributed by atoms with E-state index >= 15 is 0 Å². The monoisotopic (exact) mass is 242 g/mol. The molecule has 2 rings (SSSR count). The van der Waals surface area contributed by atoms with Crippen LogP contribution in [-0.2, 0) is 9.53 Å². The fraction of sp³-hybridized carbons (Fsp3) is 0.917. The second kappa shape index (κ2) is 5.33. The van der Waals surface area contributed by atoms with Crippen molar-refractivity contribution in [2.75, 3.05) is 19.7 Å². The van der Waals surface area contributed by atoms with E-state index in [4.69, 9.17) is 4.74 Å². The maximum Gasteiger partial charge on any atom is 0.240 e. The zero-order valence-corrected chi connectivity index (χ0v) is 10.6. The van der Waals surface area contributed by atoms with Gasteiger partial charge in [-0.2, -0.15) is 0 Å². The highest BCUT2D eigenvalue weighted by molar-refractivity contribution is 5.82. The van der Waals surface area contributed by atoms with Crippen LogP contribution in [0.1, 0.15) is 26.7 Å². The molecular weight excluding hydrogens is 220 g/mol. The molecule has 2 N–H and O–H groups in total. The molecule has 4 unspecified atom stereocenters. The minimum absolute atomic E-state index is 0.105. The van der Waals surface area contributed by atoms with Gasteiger partial charge in [-0.15, -0.1) is 0 Å². The number of hydrogen-bond acceptors (Lipinski definition) is 4. The normalized spacial score (nSPS) is 38.4. The van der Waals surface area contributed by atoms with Crippen molar-refractivity contribution in [2.45, 2.75) is 51.0 Å². The van der Waals surface area contributed by atoms with Crippen LogP contribution < -0.4 is 5.32 Å². The fourth-order valence-electron chi connectivity index (χ4n) is 2.56. The summed E-state index contributed by atoms with van der Waals surface area (Å²) in [5.74, 6) is 0.114. The number of morpholine rings is 1. The molecule has 17 heavy (non-hydrogen) atoms. The third-order valence-corrected chi connectivity index (χ3v) is 3.63. The number of nitrogens with zero attached hydrogens (tertiary/aromatic N) is 1. The summed E-state index contributed by atoms with van der Waals surface area (Å²) in [4.78, 5) is 14.3. The highest BCUT2D eigenvalue weighted by atomic mass is 16.5. The van der Waals surface area contributed by atoms with Crippen LogP contribution in [0.15, 0.2) is 0 Å². The minimum Gasteiger partial charge on any atom is -0.392 e. The van der Waals surface area contributed by atoms with E-state index in [0.29, 0.717) is 26.1 Å². The van der Waals surface area contributed by atoms with Gasteiger partial charge in [0.05, 0.1) is 30.9 Å². The van der Waals surface area contributed by atoms with Gasteiger partial charge >= 0.3 is 0 Å². The molecule has 2 fully saturated rings. The maximum atomic E-state index is 12.4. The molecule has 2 saturated heterocycles. The number of nitrogens with one attached hydrogen (secondary N) is 1. The van der Waals surface area contributed by atoms with Crippen molar-refractivity contribution in [3.05, 3.63) is 0 Å². The molecule has 2 heterocycles. The second-order valence-corrected chi connectivity index (χ2v) is 5.05. The van der Waals surface area contributed by atoms with Crippen LogP contribution in [0.5, 0.6) is 0 Å². The van der Waals surface area contributed by atoms with Crippen LogP contribution >= 0.6 is 0 Å². The lowest BCUT2D eigenvalue weighted by Gasteiger charge is -2.39. The summed E-state index contributed by atoms with van der Waals surface area (Å²) in [5, 5.41) is 12.5. The Balaban J connectivity index is 2.00. The maximum absolute atomic E-state index is 12.4. The Hall–Kier alpha value is -0.650. The van der Waals surface area contributed by atoms with Crippen molar-refractivity contribution in [3.63, 3.8) is 0 Å². The molecular formula is C12H22N2O3. The smallest absolute Gasteiger partial charge is 0.240 e. The van der Waals surface area contributed by atoms with Gasteiger partial charge in [-0.1, -0.05) is 6.92 Å². The van der Waals surface area contributed by atoms with Gasteiger partial charge in [0.2, 0.25) is 5.91 Å². The second-order valence-electron chi connectivity index (χ2n) is 5.05. The molecule has 0 aromatic carbocycles. The van der Waals surface area contributed by atoms with Gasteiger partial charge in [-0.05, 0) is 19.8 Å². The molecule has 4 atom stereocenters. The molecule has 0 aromatic rings. The van der Waals surface area contributed by atoms with E-state index in [1.165, 1.54) is 0 Å². The number of β-amino-alcohol motifs (C(OH)–C–C–N with tert-alkyl or cyclic N) is 1. The van der Waals surface area contributed by atoms with Gasteiger partial charge in [-0.3, -0.25) is 4.79 Å². The van der Waals surface area contributed by atoms with E-state index in [9.17, 15) is 9.90 Å². The number of aliphatic hydroxyl groups is 1.